The van der Waals surface area contributed by atoms with Gasteiger partial charge in [0.15, 0.2) is 6.67 Å². The molecule has 2 aromatic heterocycles. The molecule has 1 aromatic carbocycles. The van der Waals surface area contributed by atoms with Crippen molar-refractivity contribution in [2.45, 2.75) is 36.4 Å². The van der Waals surface area contributed by atoms with Crippen molar-refractivity contribution in [3.8, 4) is 11.3 Å². The number of halogens is 4. The predicted molar refractivity (Wildman–Crippen MR) is 122 cm³/mol. The molecule has 0 bridgehead atoms. The number of nitrogens with one attached hydrogen (secondary N) is 1. The van der Waals surface area contributed by atoms with Gasteiger partial charge >= 0.3 is 5.92 Å². The molecule has 1 fully saturated rings. The molecule has 7 nitrogen and oxygen atoms in total. The molecular weight excluding hydrogens is 537 g/mol. The molecule has 4 rings (SSSR count). The smallest absolute Gasteiger partial charge is 0.301 e. The largest absolute Gasteiger partial charge is 0.362 e. The Balaban J connectivity index is 1.70. The maximum absolute atomic E-state index is 13.6. The molecule has 1 saturated carbocycles. The van der Waals surface area contributed by atoms with Crippen molar-refractivity contribution in [1.29, 1.82) is 0 Å². The van der Waals surface area contributed by atoms with E-state index < -0.39 is 34.2 Å². The van der Waals surface area contributed by atoms with Gasteiger partial charge in [-0.3, -0.25) is 0 Å². The lowest BCUT2D eigenvalue weighted by atomic mass is 10.0. The first kappa shape index (κ1) is 24.8. The Kier molecular flexibility index (Phi) is 7.13. The minimum Gasteiger partial charge on any atom is -0.362 e. The standard InChI is InChI=1S/C22H22BrF3N4O3S/c1-33-13-30-11-18(20(28-30)17-3-2-10-27-21(17)23)19(14-4-5-14)29-34(31,32)16-8-6-15(7-9-16)22(25,26)12-24/h2-3,6-11,14,19,29H,4-5,12-13H2,1H3. The van der Waals surface area contributed by atoms with Crippen molar-refractivity contribution >= 4 is 26.0 Å². The summed E-state index contributed by atoms with van der Waals surface area (Å²) in [5.41, 5.74) is 1.30. The summed E-state index contributed by atoms with van der Waals surface area (Å²) in [5, 5.41) is 4.58. The molecule has 1 unspecified atom stereocenters. The lowest BCUT2D eigenvalue weighted by molar-refractivity contribution is -0.0281. The van der Waals surface area contributed by atoms with Crippen molar-refractivity contribution < 1.29 is 26.3 Å². The normalized spacial score (nSPS) is 15.4. The van der Waals surface area contributed by atoms with Gasteiger partial charge in [0.25, 0.3) is 0 Å². The molecule has 2 heterocycles. The lowest BCUT2D eigenvalue weighted by Gasteiger charge is -2.19. The molecule has 182 valence electrons. The van der Waals surface area contributed by atoms with Crippen LogP contribution in [0.5, 0.6) is 0 Å². The van der Waals surface area contributed by atoms with Crippen LogP contribution in [0.3, 0.4) is 0 Å². The molecule has 0 aliphatic heterocycles. The number of pyridine rings is 1. The molecular formula is C22H22BrF3N4O3S. The van der Waals surface area contributed by atoms with Crippen LogP contribution < -0.4 is 4.72 Å². The van der Waals surface area contributed by atoms with Crippen molar-refractivity contribution in [2.75, 3.05) is 13.8 Å². The van der Waals surface area contributed by atoms with E-state index in [0.717, 1.165) is 37.1 Å². The Labute approximate surface area is 203 Å². The third kappa shape index (κ3) is 5.19. The zero-order chi connectivity index (χ0) is 24.5. The fraction of sp³-hybridized carbons (Fsp3) is 0.364. The van der Waals surface area contributed by atoms with Gasteiger partial charge in [0.05, 0.1) is 16.6 Å². The third-order valence-corrected chi connectivity index (χ3v) is 7.62. The zero-order valence-electron chi connectivity index (χ0n) is 18.1. The Morgan fingerprint density at radius 3 is 2.56 bits per heavy atom. The van der Waals surface area contributed by atoms with E-state index in [1.54, 1.807) is 23.1 Å². The first-order chi connectivity index (χ1) is 16.2. The summed E-state index contributed by atoms with van der Waals surface area (Å²) in [6, 6.07) is 6.93. The van der Waals surface area contributed by atoms with Crippen LogP contribution >= 0.6 is 15.9 Å². The van der Waals surface area contributed by atoms with Crippen LogP contribution in [0.25, 0.3) is 11.3 Å². The molecule has 1 aliphatic rings. The molecule has 34 heavy (non-hydrogen) atoms. The summed E-state index contributed by atoms with van der Waals surface area (Å²) in [4.78, 5) is 4.05. The van der Waals surface area contributed by atoms with Crippen LogP contribution in [-0.2, 0) is 27.4 Å². The van der Waals surface area contributed by atoms with Gasteiger partial charge in [0.2, 0.25) is 10.0 Å². The van der Waals surface area contributed by atoms with Crippen LogP contribution in [0.15, 0.2) is 58.3 Å². The molecule has 1 N–H and O–H groups in total. The molecule has 1 atom stereocenters. The number of benzene rings is 1. The fourth-order valence-electron chi connectivity index (χ4n) is 3.67. The van der Waals surface area contributed by atoms with Gasteiger partial charge in [-0.05, 0) is 59.0 Å². The number of nitrogens with zero attached hydrogens (tertiary/aromatic N) is 3. The summed E-state index contributed by atoms with van der Waals surface area (Å²) < 4.78 is 76.2. The van der Waals surface area contributed by atoms with Crippen molar-refractivity contribution in [2.24, 2.45) is 5.92 Å². The average Bonchev–Trinajstić information content (AvgIpc) is 3.58. The van der Waals surface area contributed by atoms with Crippen molar-refractivity contribution in [1.82, 2.24) is 19.5 Å². The number of methoxy groups -OCH3 is 1. The SMILES string of the molecule is COCn1cc(C(NS(=O)(=O)c2ccc(C(F)(F)CF)cc2)C2CC2)c(-c2cccnc2Br)n1. The van der Waals surface area contributed by atoms with Crippen molar-refractivity contribution in [3.63, 3.8) is 0 Å². The lowest BCUT2D eigenvalue weighted by Crippen LogP contribution is -2.30. The van der Waals surface area contributed by atoms with Crippen LogP contribution in [0.2, 0.25) is 0 Å². The van der Waals surface area contributed by atoms with Gasteiger partial charge in [0.1, 0.15) is 11.3 Å². The molecule has 12 heteroatoms. The Morgan fingerprint density at radius 1 is 1.26 bits per heavy atom. The van der Waals surface area contributed by atoms with Crippen molar-refractivity contribution in [3.05, 3.63) is 64.5 Å². The average molecular weight is 559 g/mol. The third-order valence-electron chi connectivity index (χ3n) is 5.53. The van der Waals surface area contributed by atoms with E-state index >= 15 is 0 Å². The molecule has 3 aromatic rings. The Hall–Kier alpha value is -2.28. The second-order valence-corrected chi connectivity index (χ2v) is 10.5. The summed E-state index contributed by atoms with van der Waals surface area (Å²) >= 11 is 3.43. The minimum absolute atomic E-state index is 0.0410. The number of alkyl halides is 3. The number of hydrogen-bond acceptors (Lipinski definition) is 5. The summed E-state index contributed by atoms with van der Waals surface area (Å²) in [6.45, 7) is -1.70. The minimum atomic E-state index is -4.08. The van der Waals surface area contributed by atoms with Gasteiger partial charge in [0, 0.05) is 36.2 Å². The predicted octanol–water partition coefficient (Wildman–Crippen LogP) is 4.80. The maximum Gasteiger partial charge on any atom is 0.301 e. The Bertz CT molecular complexity index is 1260. The first-order valence-corrected chi connectivity index (χ1v) is 12.7. The number of ether oxygens (including phenoxy) is 1. The summed E-state index contributed by atoms with van der Waals surface area (Å²) in [6.07, 6.45) is 4.99. The van der Waals surface area contributed by atoms with Gasteiger partial charge in [-0.1, -0.05) is 12.1 Å². The van der Waals surface area contributed by atoms with Gasteiger partial charge < -0.3 is 4.74 Å². The molecule has 0 amide bonds. The van der Waals surface area contributed by atoms with Crippen LogP contribution in [0, 0.1) is 5.92 Å². The number of sulfonamides is 1. The van der Waals surface area contributed by atoms with Gasteiger partial charge in [-0.25, -0.2) is 27.2 Å². The highest BCUT2D eigenvalue weighted by Gasteiger charge is 2.38. The van der Waals surface area contributed by atoms with E-state index in [1.165, 1.54) is 7.11 Å². The second-order valence-electron chi connectivity index (χ2n) is 8.03. The van der Waals surface area contributed by atoms with E-state index in [4.69, 9.17) is 4.74 Å². The van der Waals surface area contributed by atoms with E-state index in [2.05, 4.69) is 30.7 Å². The van der Waals surface area contributed by atoms with Crippen LogP contribution in [-0.4, -0.2) is 37.0 Å². The van der Waals surface area contributed by atoms with E-state index in [0.29, 0.717) is 21.4 Å². The Morgan fingerprint density at radius 2 is 1.97 bits per heavy atom. The topological polar surface area (TPSA) is 86.1 Å². The first-order valence-electron chi connectivity index (χ1n) is 10.4. The fourth-order valence-corrected chi connectivity index (χ4v) is 5.39. The van der Waals surface area contributed by atoms with E-state index in [1.807, 2.05) is 6.07 Å². The molecule has 0 radical (unpaired) electrons. The number of rotatable bonds is 10. The van der Waals surface area contributed by atoms with E-state index in [9.17, 15) is 21.6 Å². The monoisotopic (exact) mass is 558 g/mol. The number of hydrogen-bond donors (Lipinski definition) is 1. The van der Waals surface area contributed by atoms with Gasteiger partial charge in [-0.15, -0.1) is 0 Å². The highest BCUT2D eigenvalue weighted by Crippen LogP contribution is 2.45. The molecule has 0 saturated heterocycles. The van der Waals surface area contributed by atoms with E-state index in [-0.39, 0.29) is 17.5 Å². The van der Waals surface area contributed by atoms with Crippen LogP contribution in [0.4, 0.5) is 13.2 Å². The summed E-state index contributed by atoms with van der Waals surface area (Å²) in [5.74, 6) is -3.63. The van der Waals surface area contributed by atoms with Gasteiger partial charge in [-0.2, -0.15) is 13.9 Å². The highest BCUT2D eigenvalue weighted by atomic mass is 79.9. The zero-order valence-corrected chi connectivity index (χ0v) is 20.5. The quantitative estimate of drug-likeness (QED) is 0.361. The molecule has 0 spiro atoms. The summed E-state index contributed by atoms with van der Waals surface area (Å²) in [7, 11) is -2.55. The number of aromatic nitrogens is 3. The maximum atomic E-state index is 13.6. The second kappa shape index (κ2) is 9.76. The highest BCUT2D eigenvalue weighted by molar-refractivity contribution is 9.10. The van der Waals surface area contributed by atoms with Crippen LogP contribution in [0.1, 0.15) is 30.0 Å². The molecule has 1 aliphatic carbocycles.